The van der Waals surface area contributed by atoms with Gasteiger partial charge in [0, 0.05) is 30.1 Å². The van der Waals surface area contributed by atoms with Gasteiger partial charge in [0.15, 0.2) is 0 Å². The van der Waals surface area contributed by atoms with Gasteiger partial charge < -0.3 is 5.32 Å². The van der Waals surface area contributed by atoms with E-state index in [1.54, 1.807) is 0 Å². The van der Waals surface area contributed by atoms with E-state index in [-0.39, 0.29) is 11.9 Å². The average Bonchev–Trinajstić information content (AvgIpc) is 3.12. The number of fused-ring (bicyclic) bond motifs is 1. The molecule has 2 aromatic carbocycles. The molecule has 0 spiro atoms. The maximum Gasteiger partial charge on any atom is 0.296 e. The maximum atomic E-state index is 12.2. The summed E-state index contributed by atoms with van der Waals surface area (Å²) in [5.74, 6) is 5.49. The van der Waals surface area contributed by atoms with Crippen LogP contribution < -0.4 is 5.32 Å². The van der Waals surface area contributed by atoms with Crippen LogP contribution in [0.1, 0.15) is 29.5 Å². The summed E-state index contributed by atoms with van der Waals surface area (Å²) in [6, 6.07) is 19.2. The summed E-state index contributed by atoms with van der Waals surface area (Å²) < 4.78 is 0. The number of rotatable bonds is 2. The smallest absolute Gasteiger partial charge is 0.296 e. The summed E-state index contributed by atoms with van der Waals surface area (Å²) in [5.41, 5.74) is 3.84. The zero-order chi connectivity index (χ0) is 17.8. The first-order valence-electron chi connectivity index (χ1n) is 9.46. The lowest BCUT2D eigenvalue weighted by Crippen LogP contribution is -2.51. The van der Waals surface area contributed by atoms with Crippen molar-refractivity contribution in [2.24, 2.45) is 0 Å². The molecule has 132 valence electrons. The van der Waals surface area contributed by atoms with Gasteiger partial charge in [0.1, 0.15) is 0 Å². The van der Waals surface area contributed by atoms with Gasteiger partial charge in [-0.3, -0.25) is 9.69 Å². The zero-order valence-electron chi connectivity index (χ0n) is 14.9. The van der Waals surface area contributed by atoms with E-state index in [2.05, 4.69) is 46.3 Å². The fourth-order valence-corrected chi connectivity index (χ4v) is 4.12. The van der Waals surface area contributed by atoms with E-state index >= 15 is 0 Å². The van der Waals surface area contributed by atoms with Crippen LogP contribution in [0, 0.1) is 11.8 Å². The lowest BCUT2D eigenvalue weighted by atomic mass is 10.0. The molecule has 1 aliphatic heterocycles. The Labute approximate surface area is 155 Å². The van der Waals surface area contributed by atoms with Crippen molar-refractivity contribution < 1.29 is 4.79 Å². The molecule has 1 saturated heterocycles. The Kier molecular flexibility index (Phi) is 5.04. The average molecular weight is 344 g/mol. The van der Waals surface area contributed by atoms with Crippen LogP contribution in [0.5, 0.6) is 0 Å². The molecule has 2 aromatic rings. The van der Waals surface area contributed by atoms with Crippen molar-refractivity contribution in [3.63, 3.8) is 0 Å². The molecule has 1 aliphatic carbocycles. The van der Waals surface area contributed by atoms with Gasteiger partial charge in [-0.25, -0.2) is 0 Å². The maximum absolute atomic E-state index is 12.2. The molecule has 1 amide bonds. The molecular formula is C23H24N2O. The number of nitrogens with zero attached hydrogens (tertiary/aromatic N) is 1. The van der Waals surface area contributed by atoms with E-state index in [4.69, 9.17) is 0 Å². The molecule has 0 saturated carbocycles. The summed E-state index contributed by atoms with van der Waals surface area (Å²) in [6.45, 7) is 2.05. The number of carbonyl (C=O) groups is 1. The van der Waals surface area contributed by atoms with Crippen molar-refractivity contribution in [1.82, 2.24) is 10.2 Å². The normalized spacial score (nSPS) is 20.1. The van der Waals surface area contributed by atoms with Crippen LogP contribution in [-0.2, 0) is 17.6 Å². The second kappa shape index (κ2) is 7.76. The topological polar surface area (TPSA) is 32.3 Å². The number of amides is 1. The highest BCUT2D eigenvalue weighted by Gasteiger charge is 2.30. The van der Waals surface area contributed by atoms with Crippen LogP contribution in [0.25, 0.3) is 0 Å². The predicted octanol–water partition coefficient (Wildman–Crippen LogP) is 2.79. The van der Waals surface area contributed by atoms with E-state index in [9.17, 15) is 4.79 Å². The van der Waals surface area contributed by atoms with E-state index < -0.39 is 0 Å². The van der Waals surface area contributed by atoms with E-state index in [0.717, 1.165) is 44.3 Å². The molecule has 3 nitrogen and oxygen atoms in total. The third-order valence-electron chi connectivity index (χ3n) is 5.43. The van der Waals surface area contributed by atoms with Gasteiger partial charge in [0.25, 0.3) is 5.91 Å². The number of carbonyl (C=O) groups excluding carboxylic acids is 1. The first-order valence-corrected chi connectivity index (χ1v) is 9.46. The quantitative estimate of drug-likeness (QED) is 0.850. The Morgan fingerprint density at radius 1 is 1.00 bits per heavy atom. The number of nitrogens with one attached hydrogen (secondary N) is 1. The minimum atomic E-state index is -0.171. The number of likely N-dealkylation sites (tertiary alicyclic amines) is 1. The molecule has 1 fully saturated rings. The number of hydrogen-bond acceptors (Lipinski definition) is 2. The van der Waals surface area contributed by atoms with Crippen LogP contribution in [0.15, 0.2) is 54.6 Å². The van der Waals surface area contributed by atoms with Crippen LogP contribution in [0.2, 0.25) is 0 Å². The van der Waals surface area contributed by atoms with Crippen molar-refractivity contribution >= 4 is 5.91 Å². The molecule has 1 heterocycles. The van der Waals surface area contributed by atoms with Crippen LogP contribution in [-0.4, -0.2) is 36.0 Å². The lowest BCUT2D eigenvalue weighted by Gasteiger charge is -2.36. The molecule has 1 N–H and O–H groups in total. The third-order valence-corrected chi connectivity index (χ3v) is 5.43. The molecule has 0 unspecified atom stereocenters. The van der Waals surface area contributed by atoms with Crippen molar-refractivity contribution in [1.29, 1.82) is 0 Å². The molecule has 1 atom stereocenters. The predicted molar refractivity (Wildman–Crippen MR) is 104 cm³/mol. The minimum Gasteiger partial charge on any atom is -0.341 e. The monoisotopic (exact) mass is 344 g/mol. The Hall–Kier alpha value is -2.57. The molecule has 2 aliphatic rings. The summed E-state index contributed by atoms with van der Waals surface area (Å²) in [7, 11) is 0. The van der Waals surface area contributed by atoms with Gasteiger partial charge >= 0.3 is 0 Å². The molecule has 4 rings (SSSR count). The van der Waals surface area contributed by atoms with E-state index in [0.29, 0.717) is 6.04 Å². The summed E-state index contributed by atoms with van der Waals surface area (Å²) >= 11 is 0. The van der Waals surface area contributed by atoms with Gasteiger partial charge in [-0.2, -0.15) is 0 Å². The van der Waals surface area contributed by atoms with Crippen LogP contribution >= 0.6 is 0 Å². The second-order valence-corrected chi connectivity index (χ2v) is 7.25. The van der Waals surface area contributed by atoms with Crippen molar-refractivity contribution in [3.05, 3.63) is 71.3 Å². The highest BCUT2D eigenvalue weighted by atomic mass is 16.1. The first kappa shape index (κ1) is 16.9. The first-order chi connectivity index (χ1) is 12.8. The largest absolute Gasteiger partial charge is 0.341 e. The van der Waals surface area contributed by atoms with E-state index in [1.807, 2.05) is 30.3 Å². The zero-order valence-corrected chi connectivity index (χ0v) is 14.9. The highest BCUT2D eigenvalue weighted by Crippen LogP contribution is 2.27. The fraction of sp³-hybridized carbons (Fsp3) is 0.348. The molecule has 0 bridgehead atoms. The Morgan fingerprint density at radius 3 is 2.42 bits per heavy atom. The summed E-state index contributed by atoms with van der Waals surface area (Å²) in [6.07, 6.45) is 4.42. The Morgan fingerprint density at radius 2 is 1.69 bits per heavy atom. The van der Waals surface area contributed by atoms with Crippen LogP contribution in [0.4, 0.5) is 0 Å². The standard InChI is InChI=1S/C23H24N2O/c26-23(13-12-18-7-2-1-3-8-18)24-21-11-6-14-25(17-21)22-15-19-9-4-5-10-20(19)16-22/h1-5,7-10,21-22H,6,11,14-17H2,(H,24,26)/t21-/m0/s1. The summed E-state index contributed by atoms with van der Waals surface area (Å²) in [4.78, 5) is 14.7. The molecular weight excluding hydrogens is 320 g/mol. The van der Waals surface area contributed by atoms with Gasteiger partial charge in [0.05, 0.1) is 0 Å². The molecule has 26 heavy (non-hydrogen) atoms. The highest BCUT2D eigenvalue weighted by molar-refractivity contribution is 5.94. The number of hydrogen-bond donors (Lipinski definition) is 1. The number of benzene rings is 2. The van der Waals surface area contributed by atoms with Crippen molar-refractivity contribution in [2.45, 2.75) is 37.8 Å². The van der Waals surface area contributed by atoms with Crippen molar-refractivity contribution in [3.8, 4) is 11.8 Å². The molecule has 0 radical (unpaired) electrons. The van der Waals surface area contributed by atoms with Gasteiger partial charge in [-0.05, 0) is 55.5 Å². The molecule has 0 aromatic heterocycles. The lowest BCUT2D eigenvalue weighted by molar-refractivity contribution is -0.116. The second-order valence-electron chi connectivity index (χ2n) is 7.25. The Bertz CT molecular complexity index is 809. The van der Waals surface area contributed by atoms with Crippen molar-refractivity contribution in [2.75, 3.05) is 13.1 Å². The molecule has 3 heteroatoms. The SMILES string of the molecule is O=C(C#Cc1ccccc1)N[C@H]1CCCN(C2Cc3ccccc3C2)C1. The third kappa shape index (κ3) is 3.98. The fourth-order valence-electron chi connectivity index (χ4n) is 4.12. The van der Waals surface area contributed by atoms with Gasteiger partial charge in [0.2, 0.25) is 0 Å². The summed E-state index contributed by atoms with van der Waals surface area (Å²) in [5, 5.41) is 3.11. The van der Waals surface area contributed by atoms with E-state index in [1.165, 1.54) is 11.1 Å². The Balaban J connectivity index is 1.33. The van der Waals surface area contributed by atoms with Gasteiger partial charge in [-0.1, -0.05) is 48.4 Å². The van der Waals surface area contributed by atoms with Crippen LogP contribution in [0.3, 0.4) is 0 Å². The minimum absolute atomic E-state index is 0.171. The van der Waals surface area contributed by atoms with Gasteiger partial charge in [-0.15, -0.1) is 0 Å². The number of piperidine rings is 1.